The van der Waals surface area contributed by atoms with Crippen molar-refractivity contribution in [2.24, 2.45) is 0 Å². The first kappa shape index (κ1) is 14.7. The summed E-state index contributed by atoms with van der Waals surface area (Å²) in [4.78, 5) is 0.447. The molecule has 0 saturated carbocycles. The average molecular weight is 301 g/mol. The van der Waals surface area contributed by atoms with Crippen molar-refractivity contribution < 1.29 is 17.6 Å². The van der Waals surface area contributed by atoms with Gasteiger partial charge in [0.1, 0.15) is 11.6 Å². The van der Waals surface area contributed by atoms with Gasteiger partial charge in [0.15, 0.2) is 0 Å². The maximum atomic E-state index is 13.4. The van der Waals surface area contributed by atoms with Gasteiger partial charge >= 0.3 is 0 Å². The van der Waals surface area contributed by atoms with Gasteiger partial charge in [-0.1, -0.05) is 11.8 Å². The number of nitrogens with one attached hydrogen (secondary N) is 1. The van der Waals surface area contributed by atoms with Crippen LogP contribution in [-0.2, 0) is 6.54 Å². The van der Waals surface area contributed by atoms with Gasteiger partial charge in [-0.3, -0.25) is 0 Å². The van der Waals surface area contributed by atoms with Crippen LogP contribution in [-0.4, -0.2) is 5.76 Å². The Bertz CT molecular complexity index is 572. The Morgan fingerprint density at radius 2 is 1.70 bits per heavy atom. The van der Waals surface area contributed by atoms with Gasteiger partial charge in [-0.25, -0.2) is 8.78 Å². The second-order valence-corrected chi connectivity index (χ2v) is 5.06. The fourth-order valence-corrected chi connectivity index (χ4v) is 2.13. The molecule has 1 nitrogen and oxygen atoms in total. The Hall–Kier alpha value is -1.69. The first-order valence-corrected chi connectivity index (χ1v) is 6.65. The molecule has 0 amide bonds. The fraction of sp³-hybridized carbons (Fsp3) is 0.143. The van der Waals surface area contributed by atoms with Crippen molar-refractivity contribution in [3.63, 3.8) is 0 Å². The highest BCUT2D eigenvalue weighted by atomic mass is 32.2. The van der Waals surface area contributed by atoms with E-state index in [1.807, 2.05) is 0 Å². The van der Waals surface area contributed by atoms with Crippen LogP contribution in [0, 0.1) is 11.6 Å². The lowest BCUT2D eigenvalue weighted by atomic mass is 10.2. The summed E-state index contributed by atoms with van der Waals surface area (Å²) in [5.74, 6) is -3.47. The molecule has 0 saturated heterocycles. The molecule has 0 aromatic heterocycles. The van der Waals surface area contributed by atoms with Gasteiger partial charge in [-0.15, -0.1) is 0 Å². The van der Waals surface area contributed by atoms with Crippen LogP contribution in [0.3, 0.4) is 0 Å². The fourth-order valence-electron chi connectivity index (χ4n) is 1.63. The van der Waals surface area contributed by atoms with E-state index in [4.69, 9.17) is 0 Å². The molecule has 2 rings (SSSR count). The van der Waals surface area contributed by atoms with E-state index in [1.54, 1.807) is 24.3 Å². The number of rotatable bonds is 5. The van der Waals surface area contributed by atoms with Crippen molar-refractivity contribution in [1.82, 2.24) is 0 Å². The van der Waals surface area contributed by atoms with Crippen LogP contribution in [0.25, 0.3) is 0 Å². The Balaban J connectivity index is 1.98. The molecule has 0 heterocycles. The summed E-state index contributed by atoms with van der Waals surface area (Å²) in [6.07, 6.45) is 0. The van der Waals surface area contributed by atoms with Crippen molar-refractivity contribution in [2.45, 2.75) is 17.2 Å². The van der Waals surface area contributed by atoms with E-state index in [1.165, 1.54) is 0 Å². The Morgan fingerprint density at radius 1 is 1.00 bits per heavy atom. The minimum absolute atomic E-state index is 0.116. The molecule has 0 aliphatic rings. The van der Waals surface area contributed by atoms with Gasteiger partial charge in [0.2, 0.25) is 0 Å². The number of alkyl halides is 2. The molecular weight excluding hydrogens is 290 g/mol. The van der Waals surface area contributed by atoms with E-state index < -0.39 is 17.4 Å². The molecule has 2 aromatic rings. The minimum atomic E-state index is -2.46. The minimum Gasteiger partial charge on any atom is -0.381 e. The summed E-state index contributed by atoms with van der Waals surface area (Å²) in [6.45, 7) is 0.116. The van der Waals surface area contributed by atoms with Gasteiger partial charge in [0.25, 0.3) is 5.76 Å². The maximum Gasteiger partial charge on any atom is 0.288 e. The summed E-state index contributed by atoms with van der Waals surface area (Å²) in [6, 6.07) is 9.54. The topological polar surface area (TPSA) is 12.0 Å². The molecule has 106 valence electrons. The van der Waals surface area contributed by atoms with Gasteiger partial charge < -0.3 is 5.32 Å². The second kappa shape index (κ2) is 6.65. The Kier molecular flexibility index (Phi) is 4.89. The molecule has 0 unspecified atom stereocenters. The standard InChI is InChI=1S/C14H11F4NS/c15-10-1-6-13(16)9(7-10)8-19-11-2-4-12(5-3-11)20-14(17)18/h1-7,14,19H,8H2. The third-order valence-corrected chi connectivity index (χ3v) is 3.29. The first-order valence-electron chi connectivity index (χ1n) is 5.77. The van der Waals surface area contributed by atoms with Crippen LogP contribution in [0.2, 0.25) is 0 Å². The third-order valence-electron chi connectivity index (χ3n) is 2.57. The van der Waals surface area contributed by atoms with Gasteiger partial charge in [-0.05, 0) is 42.5 Å². The van der Waals surface area contributed by atoms with E-state index >= 15 is 0 Å². The van der Waals surface area contributed by atoms with Crippen molar-refractivity contribution in [3.05, 3.63) is 59.7 Å². The number of thioether (sulfide) groups is 1. The van der Waals surface area contributed by atoms with Crippen molar-refractivity contribution >= 4 is 17.4 Å². The van der Waals surface area contributed by atoms with Crippen LogP contribution in [0.5, 0.6) is 0 Å². The van der Waals surface area contributed by atoms with E-state index in [0.717, 1.165) is 18.2 Å². The first-order chi connectivity index (χ1) is 9.54. The molecule has 2 aromatic carbocycles. The van der Waals surface area contributed by atoms with Crippen LogP contribution in [0.1, 0.15) is 5.56 Å². The van der Waals surface area contributed by atoms with Crippen LogP contribution in [0.4, 0.5) is 23.2 Å². The normalized spacial score (nSPS) is 10.8. The highest BCUT2D eigenvalue weighted by molar-refractivity contribution is 7.99. The van der Waals surface area contributed by atoms with Gasteiger partial charge in [-0.2, -0.15) is 8.78 Å². The molecule has 0 spiro atoms. The molecule has 0 aliphatic carbocycles. The second-order valence-electron chi connectivity index (χ2n) is 3.99. The Labute approximate surface area is 118 Å². The number of anilines is 1. The highest BCUT2D eigenvalue weighted by Crippen LogP contribution is 2.26. The highest BCUT2D eigenvalue weighted by Gasteiger charge is 2.06. The third kappa shape index (κ3) is 4.16. The summed E-state index contributed by atoms with van der Waals surface area (Å²) in [5.41, 5.74) is 0.850. The zero-order chi connectivity index (χ0) is 14.5. The van der Waals surface area contributed by atoms with Crippen LogP contribution in [0.15, 0.2) is 47.4 Å². The van der Waals surface area contributed by atoms with E-state index in [2.05, 4.69) is 5.32 Å². The SMILES string of the molecule is Fc1ccc(F)c(CNc2ccc(SC(F)F)cc2)c1. The molecule has 0 aliphatic heterocycles. The predicted molar refractivity (Wildman–Crippen MR) is 72.0 cm³/mol. The molecule has 0 atom stereocenters. The van der Waals surface area contributed by atoms with Gasteiger partial charge in [0, 0.05) is 22.7 Å². The number of hydrogen-bond acceptors (Lipinski definition) is 2. The zero-order valence-corrected chi connectivity index (χ0v) is 11.1. The van der Waals surface area contributed by atoms with Gasteiger partial charge in [0.05, 0.1) is 0 Å². The lowest BCUT2D eigenvalue weighted by Gasteiger charge is -2.08. The van der Waals surface area contributed by atoms with Crippen molar-refractivity contribution in [2.75, 3.05) is 5.32 Å². The Morgan fingerprint density at radius 3 is 2.35 bits per heavy atom. The van der Waals surface area contributed by atoms with Crippen molar-refractivity contribution in [3.8, 4) is 0 Å². The molecule has 6 heteroatoms. The molecule has 0 radical (unpaired) electrons. The summed E-state index contributed by atoms with van der Waals surface area (Å²) in [5, 5.41) is 2.91. The number of hydrogen-bond donors (Lipinski definition) is 1. The quantitative estimate of drug-likeness (QED) is 0.623. The van der Waals surface area contributed by atoms with Crippen LogP contribution < -0.4 is 5.32 Å². The molecule has 20 heavy (non-hydrogen) atoms. The molecule has 0 bridgehead atoms. The summed E-state index contributed by atoms with van der Waals surface area (Å²) in [7, 11) is 0. The summed E-state index contributed by atoms with van der Waals surface area (Å²) < 4.78 is 50.7. The summed E-state index contributed by atoms with van der Waals surface area (Å²) >= 11 is 0.455. The average Bonchev–Trinajstić information content (AvgIpc) is 2.41. The zero-order valence-electron chi connectivity index (χ0n) is 10.2. The van der Waals surface area contributed by atoms with Crippen LogP contribution >= 0.6 is 11.8 Å². The molecule has 0 fully saturated rings. The monoisotopic (exact) mass is 301 g/mol. The maximum absolute atomic E-state index is 13.4. The number of benzene rings is 2. The largest absolute Gasteiger partial charge is 0.381 e. The van der Waals surface area contributed by atoms with E-state index in [0.29, 0.717) is 22.3 Å². The smallest absolute Gasteiger partial charge is 0.288 e. The lowest BCUT2D eigenvalue weighted by molar-refractivity contribution is 0.252. The lowest BCUT2D eigenvalue weighted by Crippen LogP contribution is -2.02. The number of halogens is 4. The van der Waals surface area contributed by atoms with E-state index in [9.17, 15) is 17.6 Å². The predicted octanol–water partition coefficient (Wildman–Crippen LogP) is 4.89. The molecular formula is C14H11F4NS. The van der Waals surface area contributed by atoms with Crippen molar-refractivity contribution in [1.29, 1.82) is 0 Å². The molecule has 1 N–H and O–H groups in total. The van der Waals surface area contributed by atoms with E-state index in [-0.39, 0.29) is 12.1 Å².